The van der Waals surface area contributed by atoms with Gasteiger partial charge in [0.1, 0.15) is 0 Å². The van der Waals surface area contributed by atoms with Gasteiger partial charge in [-0.2, -0.15) is 0 Å². The molecule has 5 nitrogen and oxygen atoms in total. The number of hydrogen-bond donors (Lipinski definition) is 1. The number of thioether (sulfide) groups is 1. The summed E-state index contributed by atoms with van der Waals surface area (Å²) in [6.07, 6.45) is 3.67. The van der Waals surface area contributed by atoms with E-state index in [4.69, 9.17) is 5.11 Å². The number of aliphatic carboxylic acids is 1. The fourth-order valence-corrected chi connectivity index (χ4v) is 3.96. The molecule has 2 unspecified atom stereocenters. The van der Waals surface area contributed by atoms with E-state index in [-0.39, 0.29) is 5.75 Å². The van der Waals surface area contributed by atoms with Crippen LogP contribution in [0.3, 0.4) is 0 Å². The van der Waals surface area contributed by atoms with E-state index in [2.05, 4.69) is 28.9 Å². The highest BCUT2D eigenvalue weighted by Crippen LogP contribution is 2.33. The summed E-state index contributed by atoms with van der Waals surface area (Å²) in [4.78, 5) is 12.9. The molecule has 0 saturated carbocycles. The fraction of sp³-hybridized carbons (Fsp3) is 0.750. The Kier molecular flexibility index (Phi) is 5.04. The maximum atomic E-state index is 10.5. The van der Waals surface area contributed by atoms with Crippen LogP contribution in [0.5, 0.6) is 0 Å². The third kappa shape index (κ3) is 3.82. The van der Waals surface area contributed by atoms with Crippen LogP contribution in [0.1, 0.15) is 33.1 Å². The van der Waals surface area contributed by atoms with Crippen molar-refractivity contribution >= 4 is 34.2 Å². The second kappa shape index (κ2) is 6.56. The molecule has 0 amide bonds. The lowest BCUT2D eigenvalue weighted by Gasteiger charge is -2.37. The Hall–Kier alpha value is -0.820. The van der Waals surface area contributed by atoms with Crippen LogP contribution < -0.4 is 4.90 Å². The van der Waals surface area contributed by atoms with Crippen LogP contribution in [-0.2, 0) is 4.79 Å². The number of carboxylic acids is 1. The van der Waals surface area contributed by atoms with Gasteiger partial charge >= 0.3 is 5.97 Å². The Morgan fingerprint density at radius 1 is 1.53 bits per heavy atom. The molecule has 0 radical (unpaired) electrons. The van der Waals surface area contributed by atoms with Gasteiger partial charge in [-0.25, -0.2) is 0 Å². The third-order valence-corrected chi connectivity index (χ3v) is 5.60. The summed E-state index contributed by atoms with van der Waals surface area (Å²) in [6, 6.07) is 0.494. The Labute approximate surface area is 121 Å². The van der Waals surface area contributed by atoms with E-state index in [0.29, 0.717) is 6.04 Å². The van der Waals surface area contributed by atoms with E-state index in [1.807, 2.05) is 0 Å². The molecule has 1 aliphatic heterocycles. The van der Waals surface area contributed by atoms with Crippen molar-refractivity contribution in [2.75, 3.05) is 17.2 Å². The zero-order valence-electron chi connectivity index (χ0n) is 11.2. The van der Waals surface area contributed by atoms with Crippen LogP contribution in [0.25, 0.3) is 0 Å². The topological polar surface area (TPSA) is 66.3 Å². The van der Waals surface area contributed by atoms with E-state index in [1.165, 1.54) is 42.4 Å². The first-order valence-corrected chi connectivity index (χ1v) is 8.35. The van der Waals surface area contributed by atoms with E-state index in [1.54, 1.807) is 0 Å². The van der Waals surface area contributed by atoms with Gasteiger partial charge in [0.2, 0.25) is 5.13 Å². The molecule has 7 heteroatoms. The highest BCUT2D eigenvalue weighted by molar-refractivity contribution is 8.01. The van der Waals surface area contributed by atoms with Crippen LogP contribution in [0.2, 0.25) is 0 Å². The van der Waals surface area contributed by atoms with Crippen LogP contribution in [-0.4, -0.2) is 39.6 Å². The molecule has 1 N–H and O–H groups in total. The van der Waals surface area contributed by atoms with Crippen LogP contribution >= 0.6 is 23.1 Å². The summed E-state index contributed by atoms with van der Waals surface area (Å²) in [6.45, 7) is 5.49. The first-order valence-electron chi connectivity index (χ1n) is 6.55. The van der Waals surface area contributed by atoms with E-state index in [0.717, 1.165) is 21.9 Å². The molecule has 2 atom stereocenters. The Bertz CT molecular complexity index is 438. The number of piperidine rings is 1. The molecule has 0 spiro atoms. The average Bonchev–Trinajstić information content (AvgIpc) is 2.85. The van der Waals surface area contributed by atoms with E-state index in [9.17, 15) is 4.79 Å². The van der Waals surface area contributed by atoms with Gasteiger partial charge in [-0.1, -0.05) is 36.4 Å². The molecule has 1 saturated heterocycles. The third-order valence-electron chi connectivity index (χ3n) is 3.52. The minimum absolute atomic E-state index is 0.0434. The van der Waals surface area contributed by atoms with Gasteiger partial charge < -0.3 is 10.0 Å². The molecular formula is C12H19N3O2S2. The largest absolute Gasteiger partial charge is 0.481 e. The lowest BCUT2D eigenvalue weighted by molar-refractivity contribution is -0.133. The van der Waals surface area contributed by atoms with Crippen molar-refractivity contribution in [1.82, 2.24) is 10.2 Å². The maximum absolute atomic E-state index is 10.5. The lowest BCUT2D eigenvalue weighted by Crippen LogP contribution is -2.41. The summed E-state index contributed by atoms with van der Waals surface area (Å²) in [7, 11) is 0. The maximum Gasteiger partial charge on any atom is 0.313 e. The normalized spacial score (nSPS) is 23.6. The van der Waals surface area contributed by atoms with E-state index >= 15 is 0 Å². The second-order valence-corrected chi connectivity index (χ2v) is 7.06. The summed E-state index contributed by atoms with van der Waals surface area (Å²) in [5.41, 5.74) is 0. The molecule has 1 fully saturated rings. The summed E-state index contributed by atoms with van der Waals surface area (Å²) in [5, 5.41) is 17.9. The summed E-state index contributed by atoms with van der Waals surface area (Å²) < 4.78 is 0.739. The van der Waals surface area contributed by atoms with Gasteiger partial charge in [0.15, 0.2) is 4.34 Å². The molecule has 19 heavy (non-hydrogen) atoms. The van der Waals surface area contributed by atoms with Crippen LogP contribution in [0, 0.1) is 5.92 Å². The number of nitrogens with zero attached hydrogens (tertiary/aromatic N) is 3. The van der Waals surface area contributed by atoms with Gasteiger partial charge in [-0.15, -0.1) is 10.2 Å². The lowest BCUT2D eigenvalue weighted by atomic mass is 9.92. The SMILES string of the molecule is CCC1CCC(C)N(c2nnc(SCC(=O)O)s2)C1. The van der Waals surface area contributed by atoms with Gasteiger partial charge in [-0.3, -0.25) is 4.79 Å². The zero-order valence-corrected chi connectivity index (χ0v) is 12.8. The van der Waals surface area contributed by atoms with Crippen molar-refractivity contribution in [3.05, 3.63) is 0 Å². The zero-order chi connectivity index (χ0) is 13.8. The highest BCUT2D eigenvalue weighted by Gasteiger charge is 2.27. The van der Waals surface area contributed by atoms with Crippen molar-refractivity contribution in [3.8, 4) is 0 Å². The second-order valence-electron chi connectivity index (χ2n) is 4.89. The van der Waals surface area contributed by atoms with Crippen molar-refractivity contribution in [2.45, 2.75) is 43.5 Å². The molecule has 1 aromatic rings. The van der Waals surface area contributed by atoms with E-state index < -0.39 is 5.97 Å². The molecule has 0 aromatic carbocycles. The number of rotatable bonds is 5. The van der Waals surface area contributed by atoms with Gasteiger partial charge in [0.25, 0.3) is 0 Å². The smallest absolute Gasteiger partial charge is 0.313 e. The minimum Gasteiger partial charge on any atom is -0.481 e. The minimum atomic E-state index is -0.820. The first kappa shape index (κ1) is 14.6. The Morgan fingerprint density at radius 3 is 3.00 bits per heavy atom. The number of carbonyl (C=O) groups is 1. The Balaban J connectivity index is 2.01. The van der Waals surface area contributed by atoms with Gasteiger partial charge in [-0.05, 0) is 25.7 Å². The standard InChI is InChI=1S/C12H19N3O2S2/c1-3-9-5-4-8(2)15(6-9)11-13-14-12(19-11)18-7-10(16)17/h8-9H,3-7H2,1-2H3,(H,16,17). The number of hydrogen-bond acceptors (Lipinski definition) is 6. The van der Waals surface area contributed by atoms with Crippen molar-refractivity contribution in [1.29, 1.82) is 0 Å². The highest BCUT2D eigenvalue weighted by atomic mass is 32.2. The van der Waals surface area contributed by atoms with Crippen molar-refractivity contribution in [2.24, 2.45) is 5.92 Å². The molecule has 0 aliphatic carbocycles. The molecule has 1 aliphatic rings. The number of aromatic nitrogens is 2. The van der Waals surface area contributed by atoms with Gasteiger partial charge in [0.05, 0.1) is 5.75 Å². The predicted molar refractivity (Wildman–Crippen MR) is 78.1 cm³/mol. The Morgan fingerprint density at radius 2 is 2.32 bits per heavy atom. The van der Waals surface area contributed by atoms with Gasteiger partial charge in [0, 0.05) is 12.6 Å². The molecule has 106 valence electrons. The molecular weight excluding hydrogens is 282 g/mol. The number of carboxylic acid groups (broad SMARTS) is 1. The fourth-order valence-electron chi connectivity index (χ4n) is 2.28. The average molecular weight is 301 g/mol. The summed E-state index contributed by atoms with van der Waals surface area (Å²) >= 11 is 2.74. The molecule has 2 heterocycles. The molecule has 1 aromatic heterocycles. The van der Waals surface area contributed by atoms with Crippen LogP contribution in [0.15, 0.2) is 4.34 Å². The molecule has 2 rings (SSSR count). The molecule has 0 bridgehead atoms. The quantitative estimate of drug-likeness (QED) is 0.844. The first-order chi connectivity index (χ1) is 9.10. The monoisotopic (exact) mass is 301 g/mol. The predicted octanol–water partition coefficient (Wildman–Crippen LogP) is 2.73. The van der Waals surface area contributed by atoms with Crippen LogP contribution in [0.4, 0.5) is 5.13 Å². The van der Waals surface area contributed by atoms with Crippen molar-refractivity contribution in [3.63, 3.8) is 0 Å². The van der Waals surface area contributed by atoms with Crippen molar-refractivity contribution < 1.29 is 9.90 Å². The number of anilines is 1. The summed E-state index contributed by atoms with van der Waals surface area (Å²) in [5.74, 6) is -0.0451.